The molecule has 0 bridgehead atoms. The quantitative estimate of drug-likeness (QED) is 0.359. The van der Waals surface area contributed by atoms with Gasteiger partial charge in [-0.3, -0.25) is 4.79 Å². The number of carbonyl (C=O) groups is 1. The summed E-state index contributed by atoms with van der Waals surface area (Å²) < 4.78 is 33.1. The van der Waals surface area contributed by atoms with E-state index in [-0.39, 0.29) is 35.5 Å². The molecule has 0 saturated heterocycles. The van der Waals surface area contributed by atoms with Crippen molar-refractivity contribution in [3.8, 4) is 0 Å². The first-order valence-corrected chi connectivity index (χ1v) is 7.95. The Morgan fingerprint density at radius 3 is 1.96 bits per heavy atom. The summed E-state index contributed by atoms with van der Waals surface area (Å²) in [6.45, 7) is 3.55. The number of nitrogens with two attached hydrogens (primary N) is 1. The molecule has 0 radical (unpaired) electrons. The Morgan fingerprint density at radius 2 is 1.71 bits per heavy atom. The zero-order valence-corrected chi connectivity index (χ0v) is 17.2. The van der Waals surface area contributed by atoms with Crippen molar-refractivity contribution in [3.63, 3.8) is 0 Å². The number of nitrogens with zero attached hydrogens (tertiary/aromatic N) is 3. The number of hydrogen-bond donors (Lipinski definition) is 2. The summed E-state index contributed by atoms with van der Waals surface area (Å²) in [5, 5.41) is 11.5. The van der Waals surface area contributed by atoms with Crippen LogP contribution in [0.3, 0.4) is 0 Å². The molecule has 0 aliphatic carbocycles. The van der Waals surface area contributed by atoms with E-state index >= 15 is 0 Å². The minimum Gasteiger partial charge on any atom is -0.728 e. The predicted octanol–water partition coefficient (Wildman–Crippen LogP) is -1.65. The first-order valence-electron chi connectivity index (χ1n) is 6.58. The zero-order chi connectivity index (χ0) is 18.2. The molecule has 0 spiro atoms. The fraction of sp³-hybridized carbons (Fsp3) is 0.462. The van der Waals surface area contributed by atoms with Crippen LogP contribution in [0.4, 0.5) is 11.4 Å². The summed E-state index contributed by atoms with van der Waals surface area (Å²) in [6.07, 6.45) is 0. The SMILES string of the molecule is CC(C)[C@H](N)C(=O)O.CN(C)c1ccc(/N=N/S(=O)(=O)[O-])cc1.[Na+]. The van der Waals surface area contributed by atoms with E-state index in [1.807, 2.05) is 19.0 Å². The molecular weight excluding hydrogens is 347 g/mol. The molecule has 0 aliphatic heterocycles. The molecule has 0 amide bonds. The molecule has 130 valence electrons. The second-order valence-corrected chi connectivity index (χ2v) is 6.15. The maximum Gasteiger partial charge on any atom is 1.00 e. The number of carboxylic acid groups (broad SMARTS) is 1. The first-order chi connectivity index (χ1) is 10.4. The fourth-order valence-electron chi connectivity index (χ4n) is 1.20. The molecule has 3 N–H and O–H groups in total. The van der Waals surface area contributed by atoms with Gasteiger partial charge in [-0.2, -0.15) is 0 Å². The van der Waals surface area contributed by atoms with Crippen LogP contribution in [0, 0.1) is 5.92 Å². The Kier molecular flexibility index (Phi) is 12.1. The summed E-state index contributed by atoms with van der Waals surface area (Å²) in [5.74, 6) is -0.910. The van der Waals surface area contributed by atoms with Gasteiger partial charge in [-0.15, -0.1) is 5.11 Å². The van der Waals surface area contributed by atoms with Gasteiger partial charge in [0.2, 0.25) is 10.3 Å². The van der Waals surface area contributed by atoms with Crippen LogP contribution in [0.5, 0.6) is 0 Å². The number of benzene rings is 1. The minimum atomic E-state index is -4.65. The van der Waals surface area contributed by atoms with Crippen molar-refractivity contribution in [1.29, 1.82) is 0 Å². The van der Waals surface area contributed by atoms with Gasteiger partial charge in [0.25, 0.3) is 0 Å². The molecule has 0 aromatic heterocycles. The van der Waals surface area contributed by atoms with Gasteiger partial charge in [-0.05, 0) is 30.2 Å². The van der Waals surface area contributed by atoms with Crippen LogP contribution < -0.4 is 40.2 Å². The number of hydrogen-bond acceptors (Lipinski definition) is 7. The van der Waals surface area contributed by atoms with Crippen LogP contribution in [-0.4, -0.2) is 44.2 Å². The van der Waals surface area contributed by atoms with Crippen molar-refractivity contribution in [2.24, 2.45) is 21.3 Å². The topological polar surface area (TPSA) is 148 Å². The van der Waals surface area contributed by atoms with E-state index in [2.05, 4.69) is 9.63 Å². The first kappa shape index (κ1) is 25.2. The third-order valence-electron chi connectivity index (χ3n) is 2.63. The van der Waals surface area contributed by atoms with E-state index in [4.69, 9.17) is 10.8 Å². The van der Waals surface area contributed by atoms with E-state index in [9.17, 15) is 17.8 Å². The number of rotatable bonds is 5. The second-order valence-electron chi connectivity index (χ2n) is 5.13. The molecule has 0 fully saturated rings. The van der Waals surface area contributed by atoms with Crippen molar-refractivity contribution in [2.45, 2.75) is 19.9 Å². The molecule has 1 atom stereocenters. The largest absolute Gasteiger partial charge is 1.00 e. The second kappa shape index (κ2) is 11.5. The van der Waals surface area contributed by atoms with Crippen LogP contribution >= 0.6 is 0 Å². The minimum absolute atomic E-state index is 0. The summed E-state index contributed by atoms with van der Waals surface area (Å²) in [7, 11) is -0.904. The van der Waals surface area contributed by atoms with Crippen molar-refractivity contribution < 1.29 is 52.4 Å². The van der Waals surface area contributed by atoms with Crippen LogP contribution in [-0.2, 0) is 15.1 Å². The molecule has 0 heterocycles. The van der Waals surface area contributed by atoms with E-state index < -0.39 is 22.3 Å². The average Bonchev–Trinajstić information content (AvgIpc) is 2.44. The fourth-order valence-corrected chi connectivity index (χ4v) is 1.39. The van der Waals surface area contributed by atoms with Crippen LogP contribution in [0.1, 0.15) is 13.8 Å². The third kappa shape index (κ3) is 11.5. The van der Waals surface area contributed by atoms with Gasteiger partial charge in [-0.1, -0.05) is 18.4 Å². The zero-order valence-electron chi connectivity index (χ0n) is 14.4. The molecule has 11 heteroatoms. The van der Waals surface area contributed by atoms with E-state index in [1.165, 1.54) is 0 Å². The molecule has 1 rings (SSSR count). The number of anilines is 1. The maximum absolute atomic E-state index is 10.2. The molecular formula is C13H21N4NaO5S. The summed E-state index contributed by atoms with van der Waals surface area (Å²) in [6, 6.07) is 5.92. The summed E-state index contributed by atoms with van der Waals surface area (Å²) in [5.41, 5.74) is 6.42. The van der Waals surface area contributed by atoms with Crippen LogP contribution in [0.25, 0.3) is 0 Å². The Balaban J connectivity index is 0. The van der Waals surface area contributed by atoms with Gasteiger partial charge < -0.3 is 20.3 Å². The van der Waals surface area contributed by atoms with Gasteiger partial charge in [0.05, 0.1) is 5.69 Å². The van der Waals surface area contributed by atoms with E-state index in [0.29, 0.717) is 5.69 Å². The number of carboxylic acids is 1. The Bertz CT molecular complexity index is 632. The third-order valence-corrected chi connectivity index (χ3v) is 2.91. The van der Waals surface area contributed by atoms with E-state index in [0.717, 1.165) is 5.69 Å². The van der Waals surface area contributed by atoms with Gasteiger partial charge in [0, 0.05) is 19.8 Å². The smallest absolute Gasteiger partial charge is 0.728 e. The summed E-state index contributed by atoms with van der Waals surface area (Å²) >= 11 is 0. The van der Waals surface area contributed by atoms with Crippen molar-refractivity contribution in [3.05, 3.63) is 24.3 Å². The number of aliphatic carboxylic acids is 1. The average molecular weight is 368 g/mol. The van der Waals surface area contributed by atoms with Gasteiger partial charge >= 0.3 is 35.5 Å². The summed E-state index contributed by atoms with van der Waals surface area (Å²) in [4.78, 5) is 11.9. The van der Waals surface area contributed by atoms with Crippen LogP contribution in [0.2, 0.25) is 0 Å². The van der Waals surface area contributed by atoms with Crippen LogP contribution in [0.15, 0.2) is 33.9 Å². The standard InChI is InChI=1S/C8H11N3O3S.C5H11NO2.Na/c1-11(2)8-5-3-7(4-6-8)9-10-15(12,13)14;1-3(2)4(6)5(7)8;/h3-6H,1-2H3,(H,12,13,14);3-4H,6H2,1-2H3,(H,7,8);/q;;+1/p-1/b10-9+;;/t;4-;/m.0./s1. The Morgan fingerprint density at radius 1 is 1.25 bits per heavy atom. The molecule has 0 unspecified atom stereocenters. The van der Waals surface area contributed by atoms with E-state index in [1.54, 1.807) is 38.1 Å². The molecule has 1 aromatic rings. The van der Waals surface area contributed by atoms with Gasteiger partial charge in [0.1, 0.15) is 6.04 Å². The Labute approximate surface area is 164 Å². The molecule has 0 saturated carbocycles. The normalized spacial score (nSPS) is 12.1. The Hall–Kier alpha value is -1.04. The molecule has 1 aromatic carbocycles. The molecule has 9 nitrogen and oxygen atoms in total. The maximum atomic E-state index is 10.2. The molecule has 24 heavy (non-hydrogen) atoms. The van der Waals surface area contributed by atoms with Gasteiger partial charge in [-0.25, -0.2) is 8.42 Å². The van der Waals surface area contributed by atoms with Crippen molar-refractivity contribution >= 4 is 27.6 Å². The van der Waals surface area contributed by atoms with Gasteiger partial charge in [0.15, 0.2) is 0 Å². The predicted molar refractivity (Wildman–Crippen MR) is 85.4 cm³/mol. The van der Waals surface area contributed by atoms with Crippen molar-refractivity contribution in [1.82, 2.24) is 0 Å². The molecule has 0 aliphatic rings. The monoisotopic (exact) mass is 368 g/mol. The van der Waals surface area contributed by atoms with Crippen molar-refractivity contribution in [2.75, 3.05) is 19.0 Å².